The first-order valence-electron chi connectivity index (χ1n) is 12.6. The van der Waals surface area contributed by atoms with Gasteiger partial charge in [-0.2, -0.15) is 0 Å². The third kappa shape index (κ3) is 4.31. The highest BCUT2D eigenvalue weighted by Crippen LogP contribution is 2.67. The topological polar surface area (TPSA) is 37.3 Å². The molecule has 0 aromatic heterocycles. The summed E-state index contributed by atoms with van der Waals surface area (Å²) >= 11 is 0. The lowest BCUT2D eigenvalue weighted by Crippen LogP contribution is -2.52. The van der Waals surface area contributed by atoms with Crippen molar-refractivity contribution in [2.45, 2.75) is 118 Å². The molecule has 2 heteroatoms. The standard InChI is InChI=1S/C23H40.C2H6.CH2O2/c1-4-5-8-17-11-13-20-19-12-10-18-9-6-7-15-22(18,2)21(19)14-16-23(17,20)3;1-2;2-1-3/h17-21H,4-16H2,1-3H3;1-2H3;1H,(H,2,3). The van der Waals surface area contributed by atoms with Crippen LogP contribution in [0.15, 0.2) is 0 Å². The zero-order valence-electron chi connectivity index (χ0n) is 19.5. The second-order valence-electron chi connectivity index (χ2n) is 10.5. The Kier molecular flexibility index (Phi) is 8.89. The van der Waals surface area contributed by atoms with Crippen molar-refractivity contribution < 1.29 is 9.90 Å². The number of fused-ring (bicyclic) bond motifs is 5. The molecule has 0 bridgehead atoms. The van der Waals surface area contributed by atoms with Crippen molar-refractivity contribution in [3.8, 4) is 0 Å². The summed E-state index contributed by atoms with van der Waals surface area (Å²) in [4.78, 5) is 8.36. The number of hydrogen-bond donors (Lipinski definition) is 1. The zero-order chi connectivity index (χ0) is 20.8. The summed E-state index contributed by atoms with van der Waals surface area (Å²) in [6.07, 6.45) is 20.0. The predicted molar refractivity (Wildman–Crippen MR) is 119 cm³/mol. The fraction of sp³-hybridized carbons (Fsp3) is 0.962. The molecule has 4 rings (SSSR count). The first kappa shape index (κ1) is 23.7. The van der Waals surface area contributed by atoms with E-state index in [1.165, 1.54) is 32.1 Å². The largest absolute Gasteiger partial charge is 0.483 e. The number of unbranched alkanes of at least 4 members (excludes halogenated alkanes) is 1. The van der Waals surface area contributed by atoms with Gasteiger partial charge in [0.25, 0.3) is 6.47 Å². The van der Waals surface area contributed by atoms with E-state index in [1.807, 2.05) is 13.8 Å². The molecule has 0 heterocycles. The summed E-state index contributed by atoms with van der Waals surface area (Å²) in [7, 11) is 0. The van der Waals surface area contributed by atoms with E-state index in [0.717, 1.165) is 35.0 Å². The molecule has 2 nitrogen and oxygen atoms in total. The van der Waals surface area contributed by atoms with Crippen LogP contribution in [-0.2, 0) is 4.79 Å². The van der Waals surface area contributed by atoms with E-state index in [1.54, 1.807) is 51.4 Å². The monoisotopic (exact) mass is 392 g/mol. The molecule has 4 saturated carbocycles. The quantitative estimate of drug-likeness (QED) is 0.495. The van der Waals surface area contributed by atoms with Gasteiger partial charge in [0.05, 0.1) is 0 Å². The molecule has 0 aromatic rings. The maximum Gasteiger partial charge on any atom is 0.290 e. The molecular weight excluding hydrogens is 344 g/mol. The van der Waals surface area contributed by atoms with Crippen LogP contribution in [0.3, 0.4) is 0 Å². The summed E-state index contributed by atoms with van der Waals surface area (Å²) < 4.78 is 0. The second kappa shape index (κ2) is 10.5. The Bertz CT molecular complexity index is 475. The lowest BCUT2D eigenvalue weighted by atomic mass is 9.45. The van der Waals surface area contributed by atoms with Crippen molar-refractivity contribution in [1.29, 1.82) is 0 Å². The molecule has 0 radical (unpaired) electrons. The third-order valence-corrected chi connectivity index (χ3v) is 9.69. The van der Waals surface area contributed by atoms with Gasteiger partial charge in [0, 0.05) is 0 Å². The molecule has 0 aromatic carbocycles. The van der Waals surface area contributed by atoms with Crippen LogP contribution < -0.4 is 0 Å². The minimum Gasteiger partial charge on any atom is -0.483 e. The smallest absolute Gasteiger partial charge is 0.290 e. The lowest BCUT2D eigenvalue weighted by Gasteiger charge is -2.60. The van der Waals surface area contributed by atoms with Crippen LogP contribution in [0, 0.1) is 40.4 Å². The summed E-state index contributed by atoms with van der Waals surface area (Å²) in [5.41, 5.74) is 1.44. The first-order chi connectivity index (χ1) is 13.5. The van der Waals surface area contributed by atoms with Gasteiger partial charge in [0.15, 0.2) is 0 Å². The van der Waals surface area contributed by atoms with E-state index < -0.39 is 0 Å². The van der Waals surface area contributed by atoms with Crippen LogP contribution in [0.4, 0.5) is 0 Å². The van der Waals surface area contributed by atoms with Gasteiger partial charge in [-0.1, -0.05) is 60.3 Å². The van der Waals surface area contributed by atoms with Gasteiger partial charge >= 0.3 is 0 Å². The lowest BCUT2D eigenvalue weighted by molar-refractivity contribution is -0.122. The van der Waals surface area contributed by atoms with Crippen LogP contribution in [0.2, 0.25) is 0 Å². The van der Waals surface area contributed by atoms with Crippen LogP contribution in [0.1, 0.15) is 118 Å². The molecular formula is C26H48O2. The van der Waals surface area contributed by atoms with E-state index in [4.69, 9.17) is 9.90 Å². The Morgan fingerprint density at radius 1 is 0.893 bits per heavy atom. The molecule has 4 aliphatic carbocycles. The average Bonchev–Trinajstić information content (AvgIpc) is 3.04. The molecule has 0 aliphatic heterocycles. The van der Waals surface area contributed by atoms with Crippen molar-refractivity contribution in [2.75, 3.05) is 0 Å². The molecule has 1 N–H and O–H groups in total. The SMILES string of the molecule is CC.CCCCC1CCC2C3CCC4CCCCC4(C)C3CCC12C.O=CO. The molecule has 7 unspecified atom stereocenters. The minimum atomic E-state index is -0.250. The Labute approximate surface area is 175 Å². The molecule has 4 fully saturated rings. The molecule has 4 aliphatic rings. The normalized spacial score (nSPS) is 43.8. The second-order valence-corrected chi connectivity index (χ2v) is 10.5. The zero-order valence-corrected chi connectivity index (χ0v) is 19.5. The van der Waals surface area contributed by atoms with Gasteiger partial charge in [-0.05, 0) is 98.2 Å². The molecule has 0 spiro atoms. The highest BCUT2D eigenvalue weighted by molar-refractivity contribution is 5.32. The highest BCUT2D eigenvalue weighted by Gasteiger charge is 2.59. The summed E-state index contributed by atoms with van der Waals surface area (Å²) in [5.74, 6) is 5.41. The molecule has 0 amide bonds. The van der Waals surface area contributed by atoms with Gasteiger partial charge in [-0.3, -0.25) is 4.79 Å². The van der Waals surface area contributed by atoms with E-state index in [2.05, 4.69) is 20.8 Å². The predicted octanol–water partition coefficient (Wildman–Crippen LogP) is 7.95. The first-order valence-corrected chi connectivity index (χ1v) is 12.6. The Hall–Kier alpha value is -0.530. The maximum atomic E-state index is 8.36. The van der Waals surface area contributed by atoms with Crippen molar-refractivity contribution >= 4 is 6.47 Å². The van der Waals surface area contributed by atoms with Crippen LogP contribution in [0.5, 0.6) is 0 Å². The Morgan fingerprint density at radius 2 is 1.57 bits per heavy atom. The number of rotatable bonds is 3. The van der Waals surface area contributed by atoms with Crippen molar-refractivity contribution in [3.63, 3.8) is 0 Å². The molecule has 164 valence electrons. The third-order valence-electron chi connectivity index (χ3n) is 9.69. The highest BCUT2D eigenvalue weighted by atomic mass is 16.3. The Balaban J connectivity index is 0.000000514. The Morgan fingerprint density at radius 3 is 2.25 bits per heavy atom. The van der Waals surface area contributed by atoms with E-state index >= 15 is 0 Å². The molecule has 28 heavy (non-hydrogen) atoms. The summed E-state index contributed by atoms with van der Waals surface area (Å²) in [6, 6.07) is 0. The minimum absolute atomic E-state index is 0.250. The van der Waals surface area contributed by atoms with Gasteiger partial charge < -0.3 is 5.11 Å². The van der Waals surface area contributed by atoms with Gasteiger partial charge in [-0.15, -0.1) is 0 Å². The maximum absolute atomic E-state index is 8.36. The fourth-order valence-corrected chi connectivity index (χ4v) is 8.33. The molecule has 7 atom stereocenters. The van der Waals surface area contributed by atoms with Gasteiger partial charge in [-0.25, -0.2) is 0 Å². The van der Waals surface area contributed by atoms with Crippen LogP contribution >= 0.6 is 0 Å². The molecule has 0 saturated heterocycles. The van der Waals surface area contributed by atoms with E-state index in [-0.39, 0.29) is 6.47 Å². The van der Waals surface area contributed by atoms with Crippen molar-refractivity contribution in [2.24, 2.45) is 40.4 Å². The van der Waals surface area contributed by atoms with Crippen LogP contribution in [-0.4, -0.2) is 11.6 Å². The fourth-order valence-electron chi connectivity index (χ4n) is 8.33. The number of carbonyl (C=O) groups is 1. The summed E-state index contributed by atoms with van der Waals surface area (Å²) in [5, 5.41) is 6.89. The number of carboxylic acid groups (broad SMARTS) is 1. The van der Waals surface area contributed by atoms with Gasteiger partial charge in [0.1, 0.15) is 0 Å². The van der Waals surface area contributed by atoms with Gasteiger partial charge in [0.2, 0.25) is 0 Å². The average molecular weight is 393 g/mol. The van der Waals surface area contributed by atoms with E-state index in [0.29, 0.717) is 5.41 Å². The number of hydrogen-bond acceptors (Lipinski definition) is 1. The van der Waals surface area contributed by atoms with Crippen molar-refractivity contribution in [1.82, 2.24) is 0 Å². The summed E-state index contributed by atoms with van der Waals surface area (Å²) in [6.45, 7) is 11.6. The van der Waals surface area contributed by atoms with E-state index in [9.17, 15) is 0 Å². The van der Waals surface area contributed by atoms with Crippen molar-refractivity contribution in [3.05, 3.63) is 0 Å². The van der Waals surface area contributed by atoms with Crippen LogP contribution in [0.25, 0.3) is 0 Å².